The van der Waals surface area contributed by atoms with Gasteiger partial charge in [0, 0.05) is 16.3 Å². The first-order chi connectivity index (χ1) is 9.06. The molecule has 19 heavy (non-hydrogen) atoms. The van der Waals surface area contributed by atoms with E-state index in [4.69, 9.17) is 10.8 Å². The SMILES string of the molecule is Nc1cc(F)cc(SCc2ccccc2C(=O)O)c1. The third-order valence-electron chi connectivity index (χ3n) is 2.54. The number of hydrogen-bond acceptors (Lipinski definition) is 3. The molecule has 3 N–H and O–H groups in total. The largest absolute Gasteiger partial charge is 0.478 e. The molecule has 0 heterocycles. The number of carboxylic acids is 1. The standard InChI is InChI=1S/C14H12FNO2S/c15-10-5-11(16)7-12(6-10)19-8-9-3-1-2-4-13(9)14(17)18/h1-7H,8,16H2,(H,17,18). The van der Waals surface area contributed by atoms with Gasteiger partial charge in [0.2, 0.25) is 0 Å². The van der Waals surface area contributed by atoms with E-state index < -0.39 is 11.8 Å². The molecule has 2 aromatic rings. The zero-order chi connectivity index (χ0) is 13.8. The summed E-state index contributed by atoms with van der Waals surface area (Å²) in [5.74, 6) is -0.908. The first kappa shape index (κ1) is 13.4. The Bertz CT molecular complexity index is 596. The van der Waals surface area contributed by atoms with E-state index >= 15 is 0 Å². The Labute approximate surface area is 114 Å². The summed E-state index contributed by atoms with van der Waals surface area (Å²) in [6.07, 6.45) is 0. The molecule has 0 fully saturated rings. The van der Waals surface area contributed by atoms with Gasteiger partial charge < -0.3 is 10.8 Å². The monoisotopic (exact) mass is 277 g/mol. The molecule has 0 aliphatic rings. The van der Waals surface area contributed by atoms with Crippen LogP contribution in [0.3, 0.4) is 0 Å². The van der Waals surface area contributed by atoms with Crippen molar-refractivity contribution in [3.63, 3.8) is 0 Å². The zero-order valence-corrected chi connectivity index (χ0v) is 10.8. The molecule has 3 nitrogen and oxygen atoms in total. The van der Waals surface area contributed by atoms with Crippen LogP contribution in [0.2, 0.25) is 0 Å². The third kappa shape index (κ3) is 3.48. The number of halogens is 1. The van der Waals surface area contributed by atoms with Crippen LogP contribution in [0, 0.1) is 5.82 Å². The van der Waals surface area contributed by atoms with Crippen LogP contribution >= 0.6 is 11.8 Å². The normalized spacial score (nSPS) is 10.4. The maximum atomic E-state index is 13.2. The number of anilines is 1. The second-order valence-corrected chi connectivity index (χ2v) is 5.02. The summed E-state index contributed by atoms with van der Waals surface area (Å²) >= 11 is 1.35. The predicted molar refractivity (Wildman–Crippen MR) is 73.8 cm³/mol. The van der Waals surface area contributed by atoms with E-state index in [9.17, 15) is 9.18 Å². The van der Waals surface area contributed by atoms with Crippen molar-refractivity contribution in [1.82, 2.24) is 0 Å². The Kier molecular flexibility index (Phi) is 4.06. The number of benzene rings is 2. The molecule has 0 unspecified atom stereocenters. The molecule has 0 aromatic heterocycles. The summed E-state index contributed by atoms with van der Waals surface area (Å²) < 4.78 is 13.2. The number of hydrogen-bond donors (Lipinski definition) is 2. The van der Waals surface area contributed by atoms with Gasteiger partial charge in [-0.15, -0.1) is 11.8 Å². The summed E-state index contributed by atoms with van der Waals surface area (Å²) in [4.78, 5) is 11.7. The maximum absolute atomic E-state index is 13.2. The molecule has 98 valence electrons. The lowest BCUT2D eigenvalue weighted by atomic mass is 10.1. The van der Waals surface area contributed by atoms with Gasteiger partial charge in [-0.2, -0.15) is 0 Å². The number of rotatable bonds is 4. The molecular weight excluding hydrogens is 265 g/mol. The Hall–Kier alpha value is -2.01. The number of nitrogen functional groups attached to an aromatic ring is 1. The summed E-state index contributed by atoms with van der Waals surface area (Å²) in [5.41, 5.74) is 6.88. The summed E-state index contributed by atoms with van der Waals surface area (Å²) in [7, 11) is 0. The topological polar surface area (TPSA) is 63.3 Å². The van der Waals surface area contributed by atoms with Gasteiger partial charge in [-0.05, 0) is 29.8 Å². The van der Waals surface area contributed by atoms with Gasteiger partial charge in [-0.3, -0.25) is 0 Å². The van der Waals surface area contributed by atoms with Crippen LogP contribution in [-0.2, 0) is 5.75 Å². The fraction of sp³-hybridized carbons (Fsp3) is 0.0714. The molecule has 2 aromatic carbocycles. The lowest BCUT2D eigenvalue weighted by Gasteiger charge is -2.06. The number of carboxylic acid groups (broad SMARTS) is 1. The predicted octanol–water partition coefficient (Wildman–Crippen LogP) is 3.40. The second kappa shape index (κ2) is 5.75. The van der Waals surface area contributed by atoms with Crippen molar-refractivity contribution in [1.29, 1.82) is 0 Å². The van der Waals surface area contributed by atoms with Crippen LogP contribution in [-0.4, -0.2) is 11.1 Å². The minimum absolute atomic E-state index is 0.263. The summed E-state index contributed by atoms with van der Waals surface area (Å²) in [6, 6.07) is 11.0. The van der Waals surface area contributed by atoms with E-state index in [1.54, 1.807) is 30.3 Å². The van der Waals surface area contributed by atoms with Crippen LogP contribution in [0.4, 0.5) is 10.1 Å². The molecule has 0 aliphatic heterocycles. The average molecular weight is 277 g/mol. The summed E-state index contributed by atoms with van der Waals surface area (Å²) in [6.45, 7) is 0. The summed E-state index contributed by atoms with van der Waals surface area (Å²) in [5, 5.41) is 9.06. The Morgan fingerprint density at radius 2 is 2.00 bits per heavy atom. The molecule has 0 amide bonds. The molecule has 0 atom stereocenters. The molecule has 0 radical (unpaired) electrons. The van der Waals surface area contributed by atoms with Crippen LogP contribution < -0.4 is 5.73 Å². The molecular formula is C14H12FNO2S. The lowest BCUT2D eigenvalue weighted by molar-refractivity contribution is 0.0696. The highest BCUT2D eigenvalue weighted by Crippen LogP contribution is 2.26. The fourth-order valence-corrected chi connectivity index (χ4v) is 2.67. The van der Waals surface area contributed by atoms with Crippen LogP contribution in [0.25, 0.3) is 0 Å². The zero-order valence-electron chi connectivity index (χ0n) is 9.97. The Morgan fingerprint density at radius 1 is 1.26 bits per heavy atom. The van der Waals surface area contributed by atoms with Crippen molar-refractivity contribution in [3.8, 4) is 0 Å². The van der Waals surface area contributed by atoms with Crippen LogP contribution in [0.5, 0.6) is 0 Å². The van der Waals surface area contributed by atoms with Gasteiger partial charge in [-0.1, -0.05) is 18.2 Å². The molecule has 0 saturated carbocycles. The Morgan fingerprint density at radius 3 is 2.68 bits per heavy atom. The van der Waals surface area contributed by atoms with E-state index in [1.165, 1.54) is 23.9 Å². The van der Waals surface area contributed by atoms with Crippen molar-refractivity contribution in [2.45, 2.75) is 10.6 Å². The first-order valence-corrected chi connectivity index (χ1v) is 6.55. The molecule has 0 bridgehead atoms. The van der Waals surface area contributed by atoms with Gasteiger partial charge in [0.05, 0.1) is 5.56 Å². The van der Waals surface area contributed by atoms with Crippen molar-refractivity contribution in [2.75, 3.05) is 5.73 Å². The van der Waals surface area contributed by atoms with Gasteiger partial charge in [0.25, 0.3) is 0 Å². The third-order valence-corrected chi connectivity index (χ3v) is 3.56. The second-order valence-electron chi connectivity index (χ2n) is 3.97. The van der Waals surface area contributed by atoms with E-state index in [0.29, 0.717) is 21.9 Å². The van der Waals surface area contributed by atoms with Crippen molar-refractivity contribution in [2.24, 2.45) is 0 Å². The molecule has 5 heteroatoms. The van der Waals surface area contributed by atoms with Crippen molar-refractivity contribution >= 4 is 23.4 Å². The van der Waals surface area contributed by atoms with E-state index in [0.717, 1.165) is 0 Å². The molecule has 0 aliphatic carbocycles. The highest BCUT2D eigenvalue weighted by Gasteiger charge is 2.09. The molecule has 0 spiro atoms. The van der Waals surface area contributed by atoms with Gasteiger partial charge >= 0.3 is 5.97 Å². The Balaban J connectivity index is 2.16. The quantitative estimate of drug-likeness (QED) is 0.664. The van der Waals surface area contributed by atoms with Crippen LogP contribution in [0.1, 0.15) is 15.9 Å². The maximum Gasteiger partial charge on any atom is 0.335 e. The van der Waals surface area contributed by atoms with Gasteiger partial charge in [0.1, 0.15) is 5.82 Å². The van der Waals surface area contributed by atoms with Crippen molar-refractivity contribution < 1.29 is 14.3 Å². The highest BCUT2D eigenvalue weighted by molar-refractivity contribution is 7.98. The number of thioether (sulfide) groups is 1. The number of aromatic carboxylic acids is 1. The minimum atomic E-state index is -0.963. The minimum Gasteiger partial charge on any atom is -0.478 e. The molecule has 0 saturated heterocycles. The van der Waals surface area contributed by atoms with Gasteiger partial charge in [-0.25, -0.2) is 9.18 Å². The van der Waals surface area contributed by atoms with Crippen LogP contribution in [0.15, 0.2) is 47.4 Å². The average Bonchev–Trinajstić information content (AvgIpc) is 2.35. The number of nitrogens with two attached hydrogens (primary N) is 1. The first-order valence-electron chi connectivity index (χ1n) is 5.56. The van der Waals surface area contributed by atoms with Crippen molar-refractivity contribution in [3.05, 3.63) is 59.4 Å². The number of carbonyl (C=O) groups is 1. The van der Waals surface area contributed by atoms with E-state index in [1.807, 2.05) is 0 Å². The highest BCUT2D eigenvalue weighted by atomic mass is 32.2. The van der Waals surface area contributed by atoms with Gasteiger partial charge in [0.15, 0.2) is 0 Å². The smallest absolute Gasteiger partial charge is 0.335 e. The lowest BCUT2D eigenvalue weighted by Crippen LogP contribution is -2.00. The fourth-order valence-electron chi connectivity index (χ4n) is 1.68. The molecule has 2 rings (SSSR count). The van der Waals surface area contributed by atoms with E-state index in [2.05, 4.69) is 0 Å². The van der Waals surface area contributed by atoms with E-state index in [-0.39, 0.29) is 5.56 Å².